The van der Waals surface area contributed by atoms with Crippen LogP contribution in [0.25, 0.3) is 21.9 Å². The number of nitriles is 1. The fraction of sp³-hybridized carbons (Fsp3) is 0.423. The minimum Gasteiger partial charge on any atom is -0.378 e. The lowest BCUT2D eigenvalue weighted by molar-refractivity contribution is -0.120. The molecule has 9 nitrogen and oxygen atoms in total. The number of rotatable bonds is 5. The summed E-state index contributed by atoms with van der Waals surface area (Å²) in [4.78, 5) is 22.4. The maximum atomic E-state index is 13.0. The fourth-order valence-electron chi connectivity index (χ4n) is 5.68. The van der Waals surface area contributed by atoms with Crippen molar-refractivity contribution in [2.75, 3.05) is 6.61 Å². The molecule has 2 aliphatic rings. The maximum absolute atomic E-state index is 13.0. The zero-order chi connectivity index (χ0) is 24.2. The van der Waals surface area contributed by atoms with E-state index in [9.17, 15) is 10.1 Å². The number of aryl methyl sites for hydroxylation is 1. The molecule has 3 atom stereocenters. The Morgan fingerprint density at radius 1 is 1.31 bits per heavy atom. The Bertz CT molecular complexity index is 1500. The van der Waals surface area contributed by atoms with E-state index in [0.29, 0.717) is 12.1 Å². The summed E-state index contributed by atoms with van der Waals surface area (Å²) in [5.41, 5.74) is 4.08. The lowest BCUT2D eigenvalue weighted by atomic mass is 9.92. The smallest absolute Gasteiger partial charge is 0.227 e. The van der Waals surface area contributed by atoms with Crippen molar-refractivity contribution in [1.82, 2.24) is 29.6 Å². The number of fused-ring (bicyclic) bond motifs is 3. The number of nitrogens with one attached hydrogen (secondary N) is 1. The number of ether oxygens (including phenoxy) is 1. The number of amides is 1. The van der Waals surface area contributed by atoms with Crippen LogP contribution in [0.15, 0.2) is 36.7 Å². The molecule has 1 aliphatic carbocycles. The Balaban J connectivity index is 1.40. The fourth-order valence-corrected chi connectivity index (χ4v) is 5.68. The first-order valence-corrected chi connectivity index (χ1v) is 12.0. The summed E-state index contributed by atoms with van der Waals surface area (Å²) in [7, 11) is 1.85. The molecule has 2 unspecified atom stereocenters. The molecule has 1 saturated carbocycles. The van der Waals surface area contributed by atoms with Gasteiger partial charge in [0.2, 0.25) is 5.91 Å². The molecule has 1 amide bonds. The summed E-state index contributed by atoms with van der Waals surface area (Å²) in [6.45, 7) is 3.26. The zero-order valence-electron chi connectivity index (χ0n) is 19.9. The summed E-state index contributed by atoms with van der Waals surface area (Å²) in [5, 5.41) is 17.7. The molecule has 0 radical (unpaired) electrons. The molecular weight excluding hydrogens is 442 g/mol. The Morgan fingerprint density at radius 3 is 2.97 bits per heavy atom. The largest absolute Gasteiger partial charge is 0.378 e. The van der Waals surface area contributed by atoms with Crippen LogP contribution in [0.3, 0.4) is 0 Å². The molecule has 4 heterocycles. The molecule has 35 heavy (non-hydrogen) atoms. The van der Waals surface area contributed by atoms with Gasteiger partial charge in [0, 0.05) is 31.3 Å². The molecule has 1 aromatic carbocycles. The highest BCUT2D eigenvalue weighted by molar-refractivity contribution is 6.03. The predicted octanol–water partition coefficient (Wildman–Crippen LogP) is 3.18. The van der Waals surface area contributed by atoms with Gasteiger partial charge in [-0.15, -0.1) is 0 Å². The van der Waals surface area contributed by atoms with Gasteiger partial charge in [0.05, 0.1) is 53.6 Å². The van der Waals surface area contributed by atoms with Crippen LogP contribution in [0.4, 0.5) is 0 Å². The van der Waals surface area contributed by atoms with Crippen molar-refractivity contribution in [3.63, 3.8) is 0 Å². The molecule has 2 fully saturated rings. The highest BCUT2D eigenvalue weighted by atomic mass is 16.5. The summed E-state index contributed by atoms with van der Waals surface area (Å²) in [6, 6.07) is 9.92. The maximum Gasteiger partial charge on any atom is 0.227 e. The van der Waals surface area contributed by atoms with Crippen LogP contribution in [0.5, 0.6) is 0 Å². The lowest BCUT2D eigenvalue weighted by Crippen LogP contribution is -2.28. The minimum absolute atomic E-state index is 0.0998. The molecule has 9 heteroatoms. The van der Waals surface area contributed by atoms with Crippen LogP contribution in [-0.4, -0.2) is 42.9 Å². The van der Waals surface area contributed by atoms with Gasteiger partial charge in [-0.2, -0.15) is 10.4 Å². The van der Waals surface area contributed by atoms with Crippen LogP contribution < -0.4 is 5.32 Å². The zero-order valence-corrected chi connectivity index (χ0v) is 19.9. The monoisotopic (exact) mass is 469 g/mol. The van der Waals surface area contributed by atoms with Crippen LogP contribution in [-0.2, 0) is 29.5 Å². The van der Waals surface area contributed by atoms with Gasteiger partial charge in [-0.3, -0.25) is 14.5 Å². The summed E-state index contributed by atoms with van der Waals surface area (Å²) in [5.74, 6) is 0.633. The summed E-state index contributed by atoms with van der Waals surface area (Å²) >= 11 is 0. The van der Waals surface area contributed by atoms with Crippen molar-refractivity contribution in [2.24, 2.45) is 12.5 Å². The van der Waals surface area contributed by atoms with Crippen LogP contribution >= 0.6 is 0 Å². The molecule has 1 saturated heterocycles. The second kappa shape index (κ2) is 8.17. The topological polar surface area (TPSA) is 111 Å². The van der Waals surface area contributed by atoms with Gasteiger partial charge in [0.25, 0.3) is 0 Å². The van der Waals surface area contributed by atoms with Gasteiger partial charge >= 0.3 is 0 Å². The van der Waals surface area contributed by atoms with Crippen LogP contribution in [0.2, 0.25) is 0 Å². The first-order chi connectivity index (χ1) is 17.0. The van der Waals surface area contributed by atoms with E-state index in [0.717, 1.165) is 59.3 Å². The van der Waals surface area contributed by atoms with Crippen molar-refractivity contribution in [3.8, 4) is 6.07 Å². The number of benzene rings is 1. The number of nitrogens with zero attached hydrogens (tertiary/aromatic N) is 6. The highest BCUT2D eigenvalue weighted by Crippen LogP contribution is 2.64. The van der Waals surface area contributed by atoms with E-state index in [4.69, 9.17) is 9.72 Å². The number of carbonyl (C=O) groups is 1. The number of pyridine rings is 1. The first kappa shape index (κ1) is 21.7. The van der Waals surface area contributed by atoms with E-state index in [1.54, 1.807) is 16.9 Å². The van der Waals surface area contributed by atoms with Gasteiger partial charge in [-0.25, -0.2) is 4.98 Å². The van der Waals surface area contributed by atoms with Gasteiger partial charge in [0.15, 0.2) is 0 Å². The molecule has 1 N–H and O–H groups in total. The third kappa shape index (κ3) is 3.84. The van der Waals surface area contributed by atoms with Crippen molar-refractivity contribution in [1.29, 1.82) is 5.26 Å². The van der Waals surface area contributed by atoms with Crippen LogP contribution in [0, 0.1) is 16.7 Å². The number of hydrogen-bond acceptors (Lipinski definition) is 6. The quantitative estimate of drug-likeness (QED) is 0.481. The lowest BCUT2D eigenvalue weighted by Gasteiger charge is -2.29. The minimum atomic E-state index is -0.0998. The average Bonchev–Trinajstić information content (AvgIpc) is 3.16. The van der Waals surface area contributed by atoms with Gasteiger partial charge in [0.1, 0.15) is 11.3 Å². The van der Waals surface area contributed by atoms with Gasteiger partial charge < -0.3 is 14.6 Å². The number of imidazole rings is 1. The summed E-state index contributed by atoms with van der Waals surface area (Å²) < 4.78 is 9.82. The Morgan fingerprint density at radius 2 is 2.20 bits per heavy atom. The van der Waals surface area contributed by atoms with E-state index in [1.807, 2.05) is 31.4 Å². The van der Waals surface area contributed by atoms with E-state index < -0.39 is 0 Å². The Labute approximate surface area is 202 Å². The van der Waals surface area contributed by atoms with E-state index in [-0.39, 0.29) is 29.9 Å². The number of carbonyl (C=O) groups excluding carboxylic acids is 1. The van der Waals surface area contributed by atoms with E-state index in [2.05, 4.69) is 33.0 Å². The van der Waals surface area contributed by atoms with E-state index >= 15 is 0 Å². The third-order valence-corrected chi connectivity index (χ3v) is 7.43. The molecule has 1 aliphatic heterocycles. The normalized spacial score (nSPS) is 23.6. The number of aromatic nitrogens is 5. The van der Waals surface area contributed by atoms with Crippen molar-refractivity contribution < 1.29 is 9.53 Å². The SMILES string of the molecule is C[C@@H]1CC2(CCO1)CC2n1c(CC(=O)NCc2ccn(C)n2)nc2cnc3ccc(C#N)cc3c21. The molecule has 6 rings (SSSR count). The van der Waals surface area contributed by atoms with Gasteiger partial charge in [-0.05, 0) is 55.9 Å². The van der Waals surface area contributed by atoms with Crippen molar-refractivity contribution >= 4 is 27.8 Å². The molecular formula is C26H27N7O2. The molecule has 178 valence electrons. The van der Waals surface area contributed by atoms with Gasteiger partial charge in [-0.1, -0.05) is 0 Å². The second-order valence-corrected chi connectivity index (χ2v) is 9.89. The first-order valence-electron chi connectivity index (χ1n) is 12.0. The Hall–Kier alpha value is -3.77. The standard InChI is InChI=1S/C26H27N7O2/c1-16-11-26(6-8-35-16)12-22(26)33-23(10-24(34)29-14-18-5-7-32(2)31-18)30-21-15-28-20-4-3-17(13-27)9-19(20)25(21)33/h3-5,7,9,15-16,22H,6,8,10-12,14H2,1-2H3,(H,29,34)/t16-,22?,26?/m1/s1. The van der Waals surface area contributed by atoms with Crippen LogP contribution in [0.1, 0.15) is 49.3 Å². The average molecular weight is 470 g/mol. The highest BCUT2D eigenvalue weighted by Gasteiger charge is 2.57. The van der Waals surface area contributed by atoms with Crippen molar-refractivity contribution in [2.45, 2.75) is 51.3 Å². The third-order valence-electron chi connectivity index (χ3n) is 7.43. The second-order valence-electron chi connectivity index (χ2n) is 9.89. The molecule has 1 spiro atoms. The summed E-state index contributed by atoms with van der Waals surface area (Å²) in [6.07, 6.45) is 7.05. The Kier molecular flexibility index (Phi) is 5.07. The molecule has 0 bridgehead atoms. The molecule has 3 aromatic heterocycles. The molecule has 4 aromatic rings. The van der Waals surface area contributed by atoms with Crippen molar-refractivity contribution in [3.05, 3.63) is 53.7 Å². The predicted molar refractivity (Wildman–Crippen MR) is 129 cm³/mol. The van der Waals surface area contributed by atoms with E-state index in [1.165, 1.54) is 0 Å². The number of hydrogen-bond donors (Lipinski definition) is 1.